The molecule has 0 radical (unpaired) electrons. The molecular formula is C14H21F3N2O2. The van der Waals surface area contributed by atoms with Crippen LogP contribution in [0, 0.1) is 0 Å². The Morgan fingerprint density at radius 2 is 2.00 bits per heavy atom. The maximum absolute atomic E-state index is 13.1. The summed E-state index contributed by atoms with van der Waals surface area (Å²) in [5, 5.41) is 2.89. The first-order valence-electron chi connectivity index (χ1n) is 6.63. The zero-order valence-corrected chi connectivity index (χ0v) is 12.2. The van der Waals surface area contributed by atoms with E-state index in [4.69, 9.17) is 15.2 Å². The summed E-state index contributed by atoms with van der Waals surface area (Å²) in [4.78, 5) is 0. The summed E-state index contributed by atoms with van der Waals surface area (Å²) in [6, 6.07) is 3.61. The molecule has 0 aromatic heterocycles. The number of nitrogens with two attached hydrogens (primary N) is 1. The first-order valence-corrected chi connectivity index (χ1v) is 6.63. The van der Waals surface area contributed by atoms with Crippen molar-refractivity contribution < 1.29 is 22.6 Å². The van der Waals surface area contributed by atoms with Gasteiger partial charge < -0.3 is 20.5 Å². The standard InChI is InChI=1S/C14H21F3N2O2/c1-20-9-10(4-3-7-18)19-13-6-5-11(21-2)8-12(13)14(15,16)17/h5-6,8,10,19H,3-4,7,9,18H2,1-2H3. The maximum Gasteiger partial charge on any atom is 0.418 e. The summed E-state index contributed by atoms with van der Waals surface area (Å²) < 4.78 is 49.2. The second-order valence-electron chi connectivity index (χ2n) is 4.64. The van der Waals surface area contributed by atoms with Gasteiger partial charge in [-0.15, -0.1) is 0 Å². The van der Waals surface area contributed by atoms with E-state index >= 15 is 0 Å². The van der Waals surface area contributed by atoms with Gasteiger partial charge in [-0.3, -0.25) is 0 Å². The lowest BCUT2D eigenvalue weighted by Crippen LogP contribution is -2.27. The number of halogens is 3. The number of alkyl halides is 3. The molecule has 0 aliphatic heterocycles. The number of hydrogen-bond donors (Lipinski definition) is 2. The van der Waals surface area contributed by atoms with Crippen LogP contribution >= 0.6 is 0 Å². The van der Waals surface area contributed by atoms with Crippen molar-refractivity contribution in [2.75, 3.05) is 32.7 Å². The van der Waals surface area contributed by atoms with E-state index in [0.29, 0.717) is 26.0 Å². The maximum atomic E-state index is 13.1. The van der Waals surface area contributed by atoms with Gasteiger partial charge in [-0.25, -0.2) is 0 Å². The van der Waals surface area contributed by atoms with Crippen LogP contribution in [0.25, 0.3) is 0 Å². The summed E-state index contributed by atoms with van der Waals surface area (Å²) >= 11 is 0. The van der Waals surface area contributed by atoms with Crippen LogP contribution in [0.15, 0.2) is 18.2 Å². The van der Waals surface area contributed by atoms with Gasteiger partial charge in [0.25, 0.3) is 0 Å². The van der Waals surface area contributed by atoms with Crippen LogP contribution in [0.5, 0.6) is 5.75 Å². The highest BCUT2D eigenvalue weighted by molar-refractivity contribution is 5.56. The molecule has 0 bridgehead atoms. The van der Waals surface area contributed by atoms with Crippen LogP contribution in [0.2, 0.25) is 0 Å². The Morgan fingerprint density at radius 3 is 2.52 bits per heavy atom. The smallest absolute Gasteiger partial charge is 0.418 e. The molecule has 0 heterocycles. The predicted molar refractivity (Wildman–Crippen MR) is 75.6 cm³/mol. The van der Waals surface area contributed by atoms with Crippen molar-refractivity contribution in [2.45, 2.75) is 25.1 Å². The van der Waals surface area contributed by atoms with Crippen LogP contribution < -0.4 is 15.8 Å². The Hall–Kier alpha value is -1.47. The lowest BCUT2D eigenvalue weighted by atomic mass is 10.1. The highest BCUT2D eigenvalue weighted by Crippen LogP contribution is 2.37. The topological polar surface area (TPSA) is 56.5 Å². The first-order chi connectivity index (χ1) is 9.92. The molecule has 0 saturated heterocycles. The van der Waals surface area contributed by atoms with E-state index < -0.39 is 11.7 Å². The van der Waals surface area contributed by atoms with Crippen LogP contribution in [0.1, 0.15) is 18.4 Å². The van der Waals surface area contributed by atoms with Gasteiger partial charge in [-0.05, 0) is 37.6 Å². The SMILES string of the molecule is COCC(CCCN)Nc1ccc(OC)cc1C(F)(F)F. The van der Waals surface area contributed by atoms with E-state index in [1.54, 1.807) is 0 Å². The summed E-state index contributed by atoms with van der Waals surface area (Å²) in [7, 11) is 2.84. The number of nitrogens with one attached hydrogen (secondary N) is 1. The zero-order chi connectivity index (χ0) is 15.9. The van der Waals surface area contributed by atoms with Crippen molar-refractivity contribution in [1.82, 2.24) is 0 Å². The lowest BCUT2D eigenvalue weighted by molar-refractivity contribution is -0.137. The molecule has 7 heteroatoms. The second kappa shape index (κ2) is 8.09. The highest BCUT2D eigenvalue weighted by Gasteiger charge is 2.34. The van der Waals surface area contributed by atoms with Crippen molar-refractivity contribution in [2.24, 2.45) is 5.73 Å². The van der Waals surface area contributed by atoms with E-state index in [9.17, 15) is 13.2 Å². The van der Waals surface area contributed by atoms with Crippen molar-refractivity contribution in [3.8, 4) is 5.75 Å². The summed E-state index contributed by atoms with van der Waals surface area (Å²) in [6.07, 6.45) is -3.12. The second-order valence-corrected chi connectivity index (χ2v) is 4.64. The molecule has 21 heavy (non-hydrogen) atoms. The third-order valence-electron chi connectivity index (χ3n) is 3.02. The van der Waals surface area contributed by atoms with Gasteiger partial charge in [0.2, 0.25) is 0 Å². The van der Waals surface area contributed by atoms with Crippen molar-refractivity contribution >= 4 is 5.69 Å². The zero-order valence-electron chi connectivity index (χ0n) is 12.2. The molecule has 1 unspecified atom stereocenters. The van der Waals surface area contributed by atoms with E-state index in [1.165, 1.54) is 26.4 Å². The molecule has 1 rings (SSSR count). The minimum absolute atomic E-state index is 0.0161. The molecule has 0 amide bonds. The minimum atomic E-state index is -4.46. The van der Waals surface area contributed by atoms with Crippen molar-refractivity contribution in [3.05, 3.63) is 23.8 Å². The quantitative estimate of drug-likeness (QED) is 0.775. The molecule has 1 aromatic rings. The summed E-state index contributed by atoms with van der Waals surface area (Å²) in [6.45, 7) is 0.792. The molecule has 0 fully saturated rings. The number of hydrogen-bond acceptors (Lipinski definition) is 4. The molecule has 120 valence electrons. The number of anilines is 1. The first kappa shape index (κ1) is 17.6. The van der Waals surface area contributed by atoms with E-state index in [1.807, 2.05) is 0 Å². The van der Waals surface area contributed by atoms with Crippen LogP contribution in [-0.2, 0) is 10.9 Å². The summed E-state index contributed by atoms with van der Waals surface area (Å²) in [5.74, 6) is 0.165. The fourth-order valence-electron chi connectivity index (χ4n) is 1.99. The molecule has 0 aliphatic rings. The molecule has 1 atom stereocenters. The fraction of sp³-hybridized carbons (Fsp3) is 0.571. The minimum Gasteiger partial charge on any atom is -0.497 e. The number of rotatable bonds is 8. The highest BCUT2D eigenvalue weighted by atomic mass is 19.4. The van der Waals surface area contributed by atoms with Gasteiger partial charge in [-0.1, -0.05) is 0 Å². The fourth-order valence-corrected chi connectivity index (χ4v) is 1.99. The van der Waals surface area contributed by atoms with Crippen molar-refractivity contribution in [1.29, 1.82) is 0 Å². The molecule has 0 spiro atoms. The molecule has 1 aromatic carbocycles. The Bertz CT molecular complexity index is 439. The predicted octanol–water partition coefficient (Wildman–Crippen LogP) is 2.88. The van der Waals surface area contributed by atoms with Gasteiger partial charge in [-0.2, -0.15) is 13.2 Å². The molecule has 0 aliphatic carbocycles. The van der Waals surface area contributed by atoms with E-state index in [-0.39, 0.29) is 17.5 Å². The average molecular weight is 306 g/mol. The Morgan fingerprint density at radius 1 is 1.29 bits per heavy atom. The lowest BCUT2D eigenvalue weighted by Gasteiger charge is -2.22. The third kappa shape index (κ3) is 5.43. The van der Waals surface area contributed by atoms with Crippen molar-refractivity contribution in [3.63, 3.8) is 0 Å². The Kier molecular flexibility index (Phi) is 6.77. The monoisotopic (exact) mass is 306 g/mol. The van der Waals surface area contributed by atoms with Gasteiger partial charge in [0, 0.05) is 18.8 Å². The number of benzene rings is 1. The summed E-state index contributed by atoms with van der Waals surface area (Å²) in [5.41, 5.74) is 4.70. The number of methoxy groups -OCH3 is 2. The van der Waals surface area contributed by atoms with E-state index in [2.05, 4.69) is 5.32 Å². The normalized spacial score (nSPS) is 13.0. The largest absolute Gasteiger partial charge is 0.497 e. The average Bonchev–Trinajstić information content (AvgIpc) is 2.44. The molecule has 0 saturated carbocycles. The Labute approximate surface area is 122 Å². The third-order valence-corrected chi connectivity index (χ3v) is 3.02. The van der Waals surface area contributed by atoms with Crippen LogP contribution in [0.3, 0.4) is 0 Å². The van der Waals surface area contributed by atoms with Gasteiger partial charge in [0.1, 0.15) is 5.75 Å². The molecule has 3 N–H and O–H groups in total. The van der Waals surface area contributed by atoms with Crippen LogP contribution in [0.4, 0.5) is 18.9 Å². The molecular weight excluding hydrogens is 285 g/mol. The van der Waals surface area contributed by atoms with Gasteiger partial charge >= 0.3 is 6.18 Å². The molecule has 4 nitrogen and oxygen atoms in total. The van der Waals surface area contributed by atoms with Crippen LogP contribution in [-0.4, -0.2) is 33.4 Å². The Balaban J connectivity index is 2.98. The van der Waals surface area contributed by atoms with E-state index in [0.717, 1.165) is 6.07 Å². The van der Waals surface area contributed by atoms with Gasteiger partial charge in [0.05, 0.1) is 19.3 Å². The van der Waals surface area contributed by atoms with Gasteiger partial charge in [0.15, 0.2) is 0 Å². The number of ether oxygens (including phenoxy) is 2.